The van der Waals surface area contributed by atoms with E-state index in [4.69, 9.17) is 6.57 Å². The molecule has 5 nitrogen and oxygen atoms in total. The smallest absolute Gasteiger partial charge is 0.188 e. The Labute approximate surface area is 316 Å². The lowest BCUT2D eigenvalue weighted by Crippen LogP contribution is -2.01. The predicted octanol–water partition coefficient (Wildman–Crippen LogP) is 13.1. The summed E-state index contributed by atoms with van der Waals surface area (Å²) >= 11 is 0. The molecule has 0 aliphatic heterocycles. The molecule has 0 unspecified atom stereocenters. The summed E-state index contributed by atoms with van der Waals surface area (Å²) in [4.78, 5) is 3.71. The molecule has 0 saturated carbocycles. The number of fused-ring (bicyclic) bond motifs is 9. The van der Waals surface area contributed by atoms with Crippen LogP contribution in [0.25, 0.3) is 98.5 Å². The van der Waals surface area contributed by atoms with Gasteiger partial charge in [0.25, 0.3) is 0 Å². The van der Waals surface area contributed by atoms with Crippen molar-refractivity contribution in [2.24, 2.45) is 0 Å². The highest BCUT2D eigenvalue weighted by Gasteiger charge is 2.20. The summed E-state index contributed by atoms with van der Waals surface area (Å²) in [5.74, 6) is 0. The van der Waals surface area contributed by atoms with Crippen LogP contribution in [0.1, 0.15) is 5.56 Å². The van der Waals surface area contributed by atoms with Crippen molar-refractivity contribution >= 4 is 71.1 Å². The quantitative estimate of drug-likeness (QED) is 0.169. The van der Waals surface area contributed by atoms with Crippen LogP contribution in [0.3, 0.4) is 0 Å². The van der Waals surface area contributed by atoms with E-state index < -0.39 is 0 Å². The van der Waals surface area contributed by atoms with Crippen LogP contribution >= 0.6 is 0 Å². The van der Waals surface area contributed by atoms with Crippen LogP contribution in [0.15, 0.2) is 176 Å². The zero-order chi connectivity index (χ0) is 36.6. The molecule has 0 aliphatic rings. The monoisotopic (exact) mass is 699 g/mol. The van der Waals surface area contributed by atoms with E-state index in [-0.39, 0.29) is 0 Å². The molecule has 0 radical (unpaired) electrons. The Morgan fingerprint density at radius 2 is 0.945 bits per heavy atom. The van der Waals surface area contributed by atoms with E-state index in [0.717, 1.165) is 82.8 Å². The maximum absolute atomic E-state index is 10.9. The van der Waals surface area contributed by atoms with Gasteiger partial charge in [-0.05, 0) is 77.7 Å². The molecule has 0 spiro atoms. The lowest BCUT2D eigenvalue weighted by Gasteiger charge is -2.16. The summed E-state index contributed by atoms with van der Waals surface area (Å²) in [6, 6.07) is 63.7. The van der Waals surface area contributed by atoms with Gasteiger partial charge in [0.1, 0.15) is 6.07 Å². The van der Waals surface area contributed by atoms with Crippen LogP contribution in [0, 0.1) is 17.9 Å². The van der Waals surface area contributed by atoms with Crippen LogP contribution in [-0.4, -0.2) is 13.7 Å². The van der Waals surface area contributed by atoms with Crippen LogP contribution in [0.4, 0.5) is 5.69 Å². The second-order valence-electron chi connectivity index (χ2n) is 14.0. The topological polar surface area (TPSA) is 42.9 Å². The van der Waals surface area contributed by atoms with Crippen molar-refractivity contribution < 1.29 is 0 Å². The Bertz CT molecular complexity index is 3420. The van der Waals surface area contributed by atoms with Gasteiger partial charge in [-0.1, -0.05) is 109 Å². The molecule has 254 valence electrons. The molecular weight excluding hydrogens is 671 g/mol. The Kier molecular flexibility index (Phi) is 6.61. The van der Waals surface area contributed by atoms with Gasteiger partial charge in [0.2, 0.25) is 0 Å². The third-order valence-electron chi connectivity index (χ3n) is 11.1. The van der Waals surface area contributed by atoms with Crippen molar-refractivity contribution in [3.63, 3.8) is 0 Å². The van der Waals surface area contributed by atoms with Crippen molar-refractivity contribution in [2.75, 3.05) is 0 Å². The molecular formula is C50H29N5. The van der Waals surface area contributed by atoms with Gasteiger partial charge in [-0.3, -0.25) is 0 Å². The highest BCUT2D eigenvalue weighted by molar-refractivity contribution is 6.13. The van der Waals surface area contributed by atoms with Gasteiger partial charge in [0.15, 0.2) is 5.69 Å². The first kappa shape index (κ1) is 30.7. The molecule has 0 fully saturated rings. The van der Waals surface area contributed by atoms with Crippen LogP contribution < -0.4 is 0 Å². The standard InChI is InChI=1S/C50H29N5/c1-52-34-23-27-49-42(29-34)40-16-6-8-18-45(40)53(49)35-24-25-41-39-15-5-9-19-46(39)54(50(41)30-35)43-26-22-32(28-33(43)31-51)36-12-2-7-17-44(36)55-47-20-10-3-13-37(47)38-14-4-11-21-48(38)55/h2-30H. The molecule has 11 rings (SSSR count). The number of para-hydroxylation sites is 5. The minimum absolute atomic E-state index is 0.589. The number of hydrogen-bond donors (Lipinski definition) is 0. The summed E-state index contributed by atoms with van der Waals surface area (Å²) in [6.07, 6.45) is 0. The van der Waals surface area contributed by atoms with Gasteiger partial charge in [-0.2, -0.15) is 5.26 Å². The summed E-state index contributed by atoms with van der Waals surface area (Å²) < 4.78 is 6.85. The van der Waals surface area contributed by atoms with Crippen molar-refractivity contribution in [3.8, 4) is 34.3 Å². The normalized spacial score (nSPS) is 11.6. The second-order valence-corrected chi connectivity index (χ2v) is 14.0. The number of hydrogen-bond acceptors (Lipinski definition) is 1. The molecule has 0 aliphatic carbocycles. The lowest BCUT2D eigenvalue weighted by atomic mass is 10.00. The lowest BCUT2D eigenvalue weighted by molar-refractivity contribution is 1.15. The first-order valence-electron chi connectivity index (χ1n) is 18.3. The fourth-order valence-corrected chi connectivity index (χ4v) is 8.75. The van der Waals surface area contributed by atoms with Crippen molar-refractivity contribution in [1.29, 1.82) is 5.26 Å². The van der Waals surface area contributed by atoms with Gasteiger partial charge in [0, 0.05) is 38.2 Å². The van der Waals surface area contributed by atoms with E-state index in [1.54, 1.807) is 0 Å². The Balaban J connectivity index is 1.13. The molecule has 0 atom stereocenters. The zero-order valence-corrected chi connectivity index (χ0v) is 29.5. The zero-order valence-electron chi connectivity index (χ0n) is 29.5. The summed E-state index contributed by atoms with van der Waals surface area (Å²) in [6.45, 7) is 7.63. The van der Waals surface area contributed by atoms with Crippen LogP contribution in [0.5, 0.6) is 0 Å². The summed E-state index contributed by atoms with van der Waals surface area (Å²) in [7, 11) is 0. The van der Waals surface area contributed by atoms with Crippen LogP contribution in [0.2, 0.25) is 0 Å². The number of aromatic nitrogens is 3. The average molecular weight is 700 g/mol. The number of nitriles is 1. The molecule has 0 saturated heterocycles. The third kappa shape index (κ3) is 4.45. The number of rotatable bonds is 4. The van der Waals surface area contributed by atoms with E-state index >= 15 is 0 Å². The fraction of sp³-hybridized carbons (Fsp3) is 0. The molecule has 0 N–H and O–H groups in total. The van der Waals surface area contributed by atoms with E-state index in [1.807, 2.05) is 30.3 Å². The van der Waals surface area contributed by atoms with Gasteiger partial charge in [-0.25, -0.2) is 4.85 Å². The first-order valence-corrected chi connectivity index (χ1v) is 18.3. The minimum Gasteiger partial charge on any atom is -0.309 e. The summed E-state index contributed by atoms with van der Waals surface area (Å²) in [5.41, 5.74) is 12.6. The first-order chi connectivity index (χ1) is 27.2. The second kappa shape index (κ2) is 11.8. The Hall–Kier alpha value is -7.86. The maximum Gasteiger partial charge on any atom is 0.188 e. The third-order valence-corrected chi connectivity index (χ3v) is 11.1. The Morgan fingerprint density at radius 3 is 1.58 bits per heavy atom. The molecule has 55 heavy (non-hydrogen) atoms. The molecule has 0 amide bonds. The fourth-order valence-electron chi connectivity index (χ4n) is 8.75. The molecule has 3 aromatic heterocycles. The molecule has 11 aromatic rings. The van der Waals surface area contributed by atoms with Crippen molar-refractivity contribution in [3.05, 3.63) is 193 Å². The molecule has 3 heterocycles. The highest BCUT2D eigenvalue weighted by atomic mass is 15.0. The maximum atomic E-state index is 10.9. The van der Waals surface area contributed by atoms with Gasteiger partial charge in [-0.15, -0.1) is 0 Å². The van der Waals surface area contributed by atoms with Crippen molar-refractivity contribution in [2.45, 2.75) is 0 Å². The molecule has 5 heteroatoms. The number of nitrogens with zero attached hydrogens (tertiary/aromatic N) is 5. The van der Waals surface area contributed by atoms with Gasteiger partial charge in [0.05, 0.1) is 56.6 Å². The molecule has 8 aromatic carbocycles. The van der Waals surface area contributed by atoms with Crippen molar-refractivity contribution in [1.82, 2.24) is 13.7 Å². The van der Waals surface area contributed by atoms with E-state index in [9.17, 15) is 5.26 Å². The minimum atomic E-state index is 0.589. The average Bonchev–Trinajstić information content (AvgIpc) is 3.88. The van der Waals surface area contributed by atoms with E-state index in [1.165, 1.54) is 10.8 Å². The van der Waals surface area contributed by atoms with Crippen LogP contribution in [-0.2, 0) is 0 Å². The Morgan fingerprint density at radius 1 is 0.418 bits per heavy atom. The largest absolute Gasteiger partial charge is 0.309 e. The molecule has 0 bridgehead atoms. The number of benzene rings is 8. The van der Waals surface area contributed by atoms with Gasteiger partial charge < -0.3 is 13.7 Å². The van der Waals surface area contributed by atoms with E-state index in [0.29, 0.717) is 11.3 Å². The highest BCUT2D eigenvalue weighted by Crippen LogP contribution is 2.40. The predicted molar refractivity (Wildman–Crippen MR) is 226 cm³/mol. The SMILES string of the molecule is [C-]#[N+]c1ccc2c(c1)c1ccccc1n2-c1ccc2c3ccccc3n(-c3ccc(-c4ccccc4-n4c5ccccc5c5ccccc54)cc3C#N)c2c1. The van der Waals surface area contributed by atoms with E-state index in [2.05, 4.69) is 170 Å². The van der Waals surface area contributed by atoms with Gasteiger partial charge >= 0.3 is 0 Å². The summed E-state index contributed by atoms with van der Waals surface area (Å²) in [5, 5.41) is 17.7.